The summed E-state index contributed by atoms with van der Waals surface area (Å²) in [5, 5.41) is 54.8. The van der Waals surface area contributed by atoms with Gasteiger partial charge in [0.05, 0.1) is 13.2 Å². The maximum atomic E-state index is 14.3. The summed E-state index contributed by atoms with van der Waals surface area (Å²) in [7, 11) is 2.72. The van der Waals surface area contributed by atoms with E-state index in [0.717, 1.165) is 35.5 Å². The van der Waals surface area contributed by atoms with E-state index in [9.17, 15) is 63.6 Å². The Kier molecular flexibility index (Phi) is 24.5. The zero-order valence-corrected chi connectivity index (χ0v) is 44.7. The highest BCUT2D eigenvalue weighted by molar-refractivity contribution is 5.98. The number of hydrogen-bond donors (Lipinski definition) is 9. The van der Waals surface area contributed by atoms with Crippen LogP contribution in [0.1, 0.15) is 154 Å². The molecule has 0 saturated carbocycles. The first-order valence-corrected chi connectivity index (χ1v) is 26.8. The molecule has 1 fully saturated rings. The number of aliphatic carboxylic acids is 1. The lowest BCUT2D eigenvalue weighted by molar-refractivity contribution is -0.149. The molecule has 2 aliphatic heterocycles. The molecule has 1 aliphatic carbocycles. The van der Waals surface area contributed by atoms with Crippen LogP contribution in [0.25, 0.3) is 5.57 Å². The molecule has 1 saturated heterocycles. The molecule has 0 unspecified atom stereocenters. The van der Waals surface area contributed by atoms with Gasteiger partial charge in [0.25, 0.3) is 0 Å². The van der Waals surface area contributed by atoms with Gasteiger partial charge >= 0.3 is 5.97 Å². The van der Waals surface area contributed by atoms with Crippen LogP contribution < -0.4 is 26.6 Å². The van der Waals surface area contributed by atoms with Crippen LogP contribution in [0.4, 0.5) is 0 Å². The lowest BCUT2D eigenvalue weighted by Crippen LogP contribution is -2.59. The number of allylic oxidation sites excluding steroid dienone is 3. The molecule has 21 heteroatoms. The van der Waals surface area contributed by atoms with E-state index >= 15 is 0 Å². The summed E-state index contributed by atoms with van der Waals surface area (Å²) in [5.74, 6) is -7.34. The van der Waals surface area contributed by atoms with Gasteiger partial charge in [0.2, 0.25) is 47.3 Å². The van der Waals surface area contributed by atoms with E-state index in [4.69, 9.17) is 0 Å². The van der Waals surface area contributed by atoms with Crippen molar-refractivity contribution < 1.29 is 63.6 Å². The lowest BCUT2D eigenvalue weighted by atomic mass is 9.87. The minimum Gasteiger partial charge on any atom is -0.512 e. The molecule has 0 aromatic heterocycles. The first-order valence-electron chi connectivity index (χ1n) is 26.8. The van der Waals surface area contributed by atoms with E-state index < -0.39 is 103 Å². The predicted octanol–water partition coefficient (Wildman–Crippen LogP) is 3.26. The highest BCUT2D eigenvalue weighted by Gasteiger charge is 2.39. The van der Waals surface area contributed by atoms with Crippen molar-refractivity contribution in [3.63, 3.8) is 0 Å². The minimum absolute atomic E-state index is 0.0214. The smallest absolute Gasteiger partial charge is 0.326 e. The first kappa shape index (κ1) is 61.0. The number of aliphatic hydroxyl groups is 2. The number of amides is 8. The molecule has 4 rings (SSSR count). The van der Waals surface area contributed by atoms with E-state index in [2.05, 4.69) is 33.5 Å². The zero-order chi connectivity index (χ0) is 55.4. The van der Waals surface area contributed by atoms with E-state index in [0.29, 0.717) is 24.0 Å². The van der Waals surface area contributed by atoms with Crippen LogP contribution in [-0.4, -0.2) is 164 Å². The van der Waals surface area contributed by atoms with E-state index in [-0.39, 0.29) is 67.2 Å². The van der Waals surface area contributed by atoms with Gasteiger partial charge in [0.15, 0.2) is 0 Å². The summed E-state index contributed by atoms with van der Waals surface area (Å²) < 4.78 is 0. The number of benzene rings is 1. The molecule has 3 aliphatic rings. The molecule has 8 amide bonds. The number of hydrogen-bond acceptors (Lipinski definition) is 12. The Morgan fingerprint density at radius 2 is 1.43 bits per heavy atom. The Balaban J connectivity index is 1.39. The molecular weight excluding hydrogens is 969 g/mol. The number of carbonyl (C=O) groups is 9. The fraction of sp³-hybridized carbons (Fsp3) is 0.648. The SMILES string of the molecule is CCCCCCCCCCCCCCCC(=O)N(C)[C@H](CO)C(=O)N[C@H](C)C(=O)NCC(=O)N(C)[C@@H]1C(=O)N[C@@H](C)C(=O)N[C@H](C(=O)N[C@@H](C)C(=O)N2CCC[C@H]2C(=O)O)Cc2ccc(O)c(c2)C2=C(O)CCC1=C2. The van der Waals surface area contributed by atoms with Crippen LogP contribution in [0, 0.1) is 0 Å². The van der Waals surface area contributed by atoms with Crippen molar-refractivity contribution in [2.75, 3.05) is 33.8 Å². The van der Waals surface area contributed by atoms with Gasteiger partial charge in [-0.25, -0.2) is 4.79 Å². The van der Waals surface area contributed by atoms with Gasteiger partial charge in [0, 0.05) is 51.0 Å². The number of nitrogens with one attached hydrogen (secondary N) is 5. The molecule has 1 aromatic carbocycles. The largest absolute Gasteiger partial charge is 0.512 e. The van der Waals surface area contributed by atoms with Gasteiger partial charge in [-0.1, -0.05) is 90.0 Å². The Hall–Kier alpha value is -6.51. The molecule has 1 aromatic rings. The topological polar surface area (TPSA) is 304 Å². The molecule has 0 radical (unpaired) electrons. The Morgan fingerprint density at radius 1 is 0.800 bits per heavy atom. The Morgan fingerprint density at radius 3 is 2.04 bits per heavy atom. The number of phenolic OH excluding ortho intramolecular Hbond substituents is 1. The summed E-state index contributed by atoms with van der Waals surface area (Å²) in [4.78, 5) is 124. The zero-order valence-electron chi connectivity index (χ0n) is 44.7. The molecule has 2 heterocycles. The maximum absolute atomic E-state index is 14.3. The quantitative estimate of drug-likeness (QED) is 0.0603. The summed E-state index contributed by atoms with van der Waals surface area (Å²) >= 11 is 0. The number of aliphatic hydroxyl groups excluding tert-OH is 2. The van der Waals surface area contributed by atoms with Gasteiger partial charge in [-0.3, -0.25) is 38.4 Å². The highest BCUT2D eigenvalue weighted by Crippen LogP contribution is 2.37. The van der Waals surface area contributed by atoms with Crippen molar-refractivity contribution in [1.82, 2.24) is 41.3 Å². The number of carbonyl (C=O) groups excluding carboxylic acids is 8. The van der Waals surface area contributed by atoms with Crippen LogP contribution in [0.5, 0.6) is 5.75 Å². The number of nitrogens with zero attached hydrogens (tertiary/aromatic N) is 3. The van der Waals surface area contributed by atoms with Crippen molar-refractivity contribution in [3.8, 4) is 5.75 Å². The Bertz CT molecular complexity index is 2270. The van der Waals surface area contributed by atoms with Crippen LogP contribution in [-0.2, 0) is 49.6 Å². The van der Waals surface area contributed by atoms with Crippen LogP contribution in [0.3, 0.4) is 0 Å². The summed E-state index contributed by atoms with van der Waals surface area (Å²) in [6.07, 6.45) is 17.2. The van der Waals surface area contributed by atoms with E-state index in [1.165, 1.54) is 115 Å². The third kappa shape index (κ3) is 17.8. The lowest BCUT2D eigenvalue weighted by Gasteiger charge is -2.33. The normalized spacial score (nSPS) is 20.0. The van der Waals surface area contributed by atoms with Crippen molar-refractivity contribution in [2.24, 2.45) is 0 Å². The molecule has 4 bridgehead atoms. The highest BCUT2D eigenvalue weighted by atomic mass is 16.4. The number of likely N-dealkylation sites (tertiary alicyclic amines) is 1. The third-order valence-electron chi connectivity index (χ3n) is 14.4. The van der Waals surface area contributed by atoms with Crippen molar-refractivity contribution >= 4 is 58.8 Å². The molecule has 21 nitrogen and oxygen atoms in total. The molecule has 9 N–H and O–H groups in total. The summed E-state index contributed by atoms with van der Waals surface area (Å²) in [6.45, 7) is 5.16. The van der Waals surface area contributed by atoms with E-state index in [1.54, 1.807) is 0 Å². The average Bonchev–Trinajstić information content (AvgIpc) is 3.88. The average molecular weight is 1050 g/mol. The number of fused-ring (bicyclic) bond motifs is 4. The molecule has 7 atom stereocenters. The van der Waals surface area contributed by atoms with Gasteiger partial charge in [0.1, 0.15) is 53.8 Å². The number of phenols is 1. The number of rotatable bonds is 26. The fourth-order valence-corrected chi connectivity index (χ4v) is 9.70. The number of carboxylic acids is 1. The van der Waals surface area contributed by atoms with Crippen LogP contribution in [0.15, 0.2) is 35.6 Å². The van der Waals surface area contributed by atoms with Crippen molar-refractivity contribution in [1.29, 1.82) is 0 Å². The number of likely N-dealkylation sites (N-methyl/N-ethyl adjacent to an activating group) is 2. The maximum Gasteiger partial charge on any atom is 0.326 e. The molecule has 75 heavy (non-hydrogen) atoms. The van der Waals surface area contributed by atoms with Gasteiger partial charge in [-0.2, -0.15) is 0 Å². The number of aromatic hydroxyl groups is 1. The summed E-state index contributed by atoms with van der Waals surface area (Å²) in [6, 6.07) is -4.52. The minimum atomic E-state index is -1.44. The molecule has 0 spiro atoms. The van der Waals surface area contributed by atoms with Gasteiger partial charge in [-0.05, 0) is 75.8 Å². The van der Waals surface area contributed by atoms with Crippen LogP contribution in [0.2, 0.25) is 0 Å². The first-order chi connectivity index (χ1) is 35.7. The second-order valence-corrected chi connectivity index (χ2v) is 20.2. The summed E-state index contributed by atoms with van der Waals surface area (Å²) in [5.41, 5.74) is 0.952. The number of unbranched alkanes of at least 4 members (excludes halogenated alkanes) is 12. The monoisotopic (exact) mass is 1050 g/mol. The second kappa shape index (κ2) is 30.1. The second-order valence-electron chi connectivity index (χ2n) is 20.2. The van der Waals surface area contributed by atoms with Gasteiger partial charge in [-0.15, -0.1) is 0 Å². The third-order valence-corrected chi connectivity index (χ3v) is 14.4. The van der Waals surface area contributed by atoms with E-state index in [1.807, 2.05) is 0 Å². The standard InChI is InChI=1S/C54H82N8O13/c1-7-8-9-10-11-12-13-14-15-16-17-18-19-22-45(66)60(5)42(32-63)51(71)56-33(2)48(68)55-31-46(67)61(6)47-37-24-26-44(65)39(30-37)38-28-36(23-25-43(38)64)29-40(59-49(69)34(3)57-52(47)72)50(70)58-35(4)53(73)62-27-20-21-41(62)54(74)75/h23,25,28,30,33-35,40-42,47,63-65H,7-22,24,26-27,29,31-32H2,1-6H3,(H,55,68)(H,56,71)(H,57,72)(H,58,70)(H,59,69)(H,74,75)/t33-,34+,35+,40+,41+,42-,47+/m1/s1. The number of carboxylic acid groups (broad SMARTS) is 1. The predicted molar refractivity (Wildman–Crippen MR) is 279 cm³/mol. The Labute approximate surface area is 440 Å². The van der Waals surface area contributed by atoms with Crippen molar-refractivity contribution in [3.05, 3.63) is 46.7 Å². The van der Waals surface area contributed by atoms with Crippen molar-refractivity contribution in [2.45, 2.75) is 192 Å². The molecular formula is C54H82N8O13. The molecule has 416 valence electrons. The van der Waals surface area contributed by atoms with Gasteiger partial charge < -0.3 is 61.7 Å². The fourth-order valence-electron chi connectivity index (χ4n) is 9.70. The van der Waals surface area contributed by atoms with Crippen LogP contribution >= 0.6 is 0 Å².